The van der Waals surface area contributed by atoms with Gasteiger partial charge in [0.05, 0.1) is 54.8 Å². The summed E-state index contributed by atoms with van der Waals surface area (Å²) in [5.41, 5.74) is 0.692. The number of likely N-dealkylation sites (N-methyl/N-ethyl adjacent to an activating group) is 2. The van der Waals surface area contributed by atoms with E-state index in [0.717, 1.165) is 6.42 Å². The molecule has 3 N–H and O–H groups in total. The molecule has 2 aliphatic rings. The summed E-state index contributed by atoms with van der Waals surface area (Å²) in [7, 11) is 6.64. The third-order valence-corrected chi connectivity index (χ3v) is 13.4. The fourth-order valence-corrected chi connectivity index (χ4v) is 9.42. The molecule has 10 atom stereocenters. The Labute approximate surface area is 392 Å². The number of methoxy groups -OCH3 is 2. The van der Waals surface area contributed by atoms with Gasteiger partial charge in [0, 0.05) is 47.1 Å². The van der Waals surface area contributed by atoms with E-state index in [-0.39, 0.29) is 73.1 Å². The lowest BCUT2D eigenvalue weighted by Crippen LogP contribution is -2.60. The molecule has 2 fully saturated rings. The van der Waals surface area contributed by atoms with Gasteiger partial charge in [0.15, 0.2) is 0 Å². The van der Waals surface area contributed by atoms with Gasteiger partial charge in [-0.1, -0.05) is 91.6 Å². The first kappa shape index (κ1) is 55.9. The Morgan fingerprint density at radius 2 is 1.48 bits per heavy atom. The molecule has 3 rings (SSSR count). The fourth-order valence-electron chi connectivity index (χ4n) is 9.42. The fraction of sp³-hybridized carbons (Fsp3) is 0.735. The van der Waals surface area contributed by atoms with Gasteiger partial charge in [-0.2, -0.15) is 0 Å². The minimum Gasteiger partial charge on any atom is -0.386 e. The van der Waals surface area contributed by atoms with Crippen LogP contribution in [-0.4, -0.2) is 150 Å². The summed E-state index contributed by atoms with van der Waals surface area (Å²) in [5.74, 6) is -3.82. The Balaban J connectivity index is 1.66. The number of aliphatic hydroxyl groups excluding tert-OH is 1. The predicted molar refractivity (Wildman–Crippen MR) is 249 cm³/mol. The van der Waals surface area contributed by atoms with Crippen LogP contribution in [0.5, 0.6) is 0 Å². The van der Waals surface area contributed by atoms with E-state index in [4.69, 9.17) is 14.3 Å². The summed E-state index contributed by atoms with van der Waals surface area (Å²) >= 11 is 0. The summed E-state index contributed by atoms with van der Waals surface area (Å²) in [4.78, 5) is 103. The number of hydrogen-bond acceptors (Lipinski definition) is 12. The van der Waals surface area contributed by atoms with E-state index in [0.29, 0.717) is 55.8 Å². The van der Waals surface area contributed by atoms with Crippen molar-refractivity contribution in [3.8, 4) is 0 Å². The van der Waals surface area contributed by atoms with Gasteiger partial charge in [-0.3, -0.25) is 33.7 Å². The number of amides is 6. The van der Waals surface area contributed by atoms with Gasteiger partial charge in [-0.15, -0.1) is 5.06 Å². The maximum Gasteiger partial charge on any atom is 0.333 e. The van der Waals surface area contributed by atoms with Gasteiger partial charge in [0.1, 0.15) is 6.04 Å². The van der Waals surface area contributed by atoms with Crippen molar-refractivity contribution in [3.63, 3.8) is 0 Å². The van der Waals surface area contributed by atoms with Crippen LogP contribution in [0.1, 0.15) is 131 Å². The molecule has 0 aromatic heterocycles. The molecule has 66 heavy (non-hydrogen) atoms. The highest BCUT2D eigenvalue weighted by Crippen LogP contribution is 2.30. The molecule has 2 aliphatic heterocycles. The second kappa shape index (κ2) is 26.8. The van der Waals surface area contributed by atoms with Crippen LogP contribution in [0, 0.1) is 23.7 Å². The van der Waals surface area contributed by atoms with Crippen molar-refractivity contribution in [1.29, 1.82) is 0 Å². The molecule has 0 spiro atoms. The number of imide groups is 1. The molecule has 2 saturated heterocycles. The van der Waals surface area contributed by atoms with Crippen LogP contribution in [0.3, 0.4) is 0 Å². The largest absolute Gasteiger partial charge is 0.386 e. The van der Waals surface area contributed by atoms with E-state index in [1.807, 2.05) is 71.7 Å². The minimum atomic E-state index is -0.903. The number of unbranched alkanes of at least 4 members (excludes halogenated alkanes) is 2. The second-order valence-electron chi connectivity index (χ2n) is 19.0. The van der Waals surface area contributed by atoms with Crippen LogP contribution in [0.25, 0.3) is 0 Å². The number of carbonyl (C=O) groups is 7. The van der Waals surface area contributed by atoms with Crippen molar-refractivity contribution >= 4 is 41.4 Å². The summed E-state index contributed by atoms with van der Waals surface area (Å²) in [6, 6.07) is 6.24. The SMILES string of the molecule is CC[C@H](C)[C@@H]([C@@H](CC(=O)N1CCC[C@H]1[C@H](OC)[C@@H](C)C(=O)N[C@H](C)[C@@H](O)c1ccccc1)OC)N(C)C(=O)[C@@H](NC(=O)[C@H](C(C)C)N(C)CCCCCC(=O)ON1C(=O)CCC1=O)C(C)C. The molecule has 0 radical (unpaired) electrons. The van der Waals surface area contributed by atoms with Gasteiger partial charge in [0.2, 0.25) is 23.6 Å². The molecule has 0 bridgehead atoms. The highest BCUT2D eigenvalue weighted by Gasteiger charge is 2.43. The third kappa shape index (κ3) is 15.0. The van der Waals surface area contributed by atoms with Crippen molar-refractivity contribution in [2.75, 3.05) is 41.4 Å². The zero-order valence-electron chi connectivity index (χ0n) is 41.6. The van der Waals surface area contributed by atoms with Gasteiger partial charge in [-0.05, 0) is 69.5 Å². The maximum atomic E-state index is 14.6. The number of carbonyl (C=O) groups excluding carboxylic acids is 7. The Hall–Kier alpha value is -4.45. The van der Waals surface area contributed by atoms with Crippen molar-refractivity contribution in [1.82, 2.24) is 30.4 Å². The third-order valence-electron chi connectivity index (χ3n) is 13.4. The van der Waals surface area contributed by atoms with E-state index >= 15 is 0 Å². The number of likely N-dealkylation sites (tertiary alicyclic amines) is 1. The topological polar surface area (TPSA) is 204 Å². The summed E-state index contributed by atoms with van der Waals surface area (Å²) in [5, 5.41) is 17.5. The Bertz CT molecular complexity index is 1750. The minimum absolute atomic E-state index is 0.0190. The number of aliphatic hydroxyl groups is 1. The van der Waals surface area contributed by atoms with E-state index < -0.39 is 66.2 Å². The maximum absolute atomic E-state index is 14.6. The first-order valence-electron chi connectivity index (χ1n) is 23.9. The molecule has 1 aromatic carbocycles. The molecule has 0 unspecified atom stereocenters. The normalized spacial score (nSPS) is 19.5. The van der Waals surface area contributed by atoms with Crippen LogP contribution in [0.15, 0.2) is 30.3 Å². The van der Waals surface area contributed by atoms with Crippen LogP contribution in [0.2, 0.25) is 0 Å². The second-order valence-corrected chi connectivity index (χ2v) is 19.0. The lowest BCUT2D eigenvalue weighted by Gasteiger charge is -2.41. The smallest absolute Gasteiger partial charge is 0.333 e. The Morgan fingerprint density at radius 1 is 0.848 bits per heavy atom. The van der Waals surface area contributed by atoms with Crippen LogP contribution >= 0.6 is 0 Å². The van der Waals surface area contributed by atoms with Gasteiger partial charge in [-0.25, -0.2) is 4.79 Å². The quantitative estimate of drug-likeness (QED) is 0.0830. The molecule has 0 aliphatic carbocycles. The molecule has 372 valence electrons. The van der Waals surface area contributed by atoms with E-state index in [1.165, 1.54) is 14.2 Å². The number of hydroxylamine groups is 2. The first-order chi connectivity index (χ1) is 31.2. The average molecular weight is 929 g/mol. The van der Waals surface area contributed by atoms with Gasteiger partial charge >= 0.3 is 5.97 Å². The molecule has 6 amide bonds. The summed E-state index contributed by atoms with van der Waals surface area (Å²) in [6.45, 7) is 16.2. The summed E-state index contributed by atoms with van der Waals surface area (Å²) in [6.07, 6.45) is 1.75. The number of nitrogens with one attached hydrogen (secondary N) is 2. The van der Waals surface area contributed by atoms with Crippen LogP contribution in [-0.2, 0) is 47.9 Å². The predicted octanol–water partition coefficient (Wildman–Crippen LogP) is 4.41. The number of nitrogens with zero attached hydrogens (tertiary/aromatic N) is 4. The van der Waals surface area contributed by atoms with Gasteiger partial charge in [0.25, 0.3) is 11.8 Å². The molecular weight excluding hydrogens is 849 g/mol. The van der Waals surface area contributed by atoms with E-state index in [1.54, 1.807) is 42.8 Å². The summed E-state index contributed by atoms with van der Waals surface area (Å²) < 4.78 is 12.0. The first-order valence-corrected chi connectivity index (χ1v) is 23.9. The lowest BCUT2D eigenvalue weighted by molar-refractivity contribution is -0.197. The Kier molecular flexibility index (Phi) is 22.7. The molecule has 17 nitrogen and oxygen atoms in total. The van der Waals surface area contributed by atoms with Crippen molar-refractivity contribution in [3.05, 3.63) is 35.9 Å². The van der Waals surface area contributed by atoms with Crippen molar-refractivity contribution < 1.29 is 53.0 Å². The van der Waals surface area contributed by atoms with Crippen LogP contribution < -0.4 is 10.6 Å². The highest BCUT2D eigenvalue weighted by molar-refractivity contribution is 6.01. The zero-order valence-corrected chi connectivity index (χ0v) is 41.6. The number of hydrogen-bond donors (Lipinski definition) is 3. The average Bonchev–Trinajstić information content (AvgIpc) is 3.90. The number of benzene rings is 1. The molecule has 0 saturated carbocycles. The monoisotopic (exact) mass is 929 g/mol. The van der Waals surface area contributed by atoms with E-state index in [9.17, 15) is 38.7 Å². The standard InChI is InChI=1S/C49H80N6O11/c1-13-32(6)44(37(64-11)29-40(58)54-28-20-23-36(54)46(65-12)33(7)47(61)50-34(8)45(60)35-21-16-14-17-22-35)53(10)49(63)42(30(2)3)51-48(62)43(31(4)5)52(9)27-19-15-18-24-41(59)66-55-38(56)25-26-39(55)57/h14,16-17,21-22,30-34,36-37,42-46,60H,13,15,18-20,23-29H2,1-12H3,(H,50,61)(H,51,62)/t32-,33+,34+,36-,37+,42-,43-,44-,45+,46+/m0/s1. The molecule has 17 heteroatoms. The molecule has 2 heterocycles. The van der Waals surface area contributed by atoms with E-state index in [2.05, 4.69) is 10.6 Å². The molecular formula is C49H80N6O11. The lowest BCUT2D eigenvalue weighted by atomic mass is 9.89. The van der Waals surface area contributed by atoms with Gasteiger partial charge < -0.3 is 39.9 Å². The van der Waals surface area contributed by atoms with Crippen molar-refractivity contribution in [2.45, 2.75) is 168 Å². The van der Waals surface area contributed by atoms with Crippen LogP contribution in [0.4, 0.5) is 0 Å². The zero-order chi connectivity index (χ0) is 49.4. The van der Waals surface area contributed by atoms with Crippen molar-refractivity contribution in [2.24, 2.45) is 23.7 Å². The highest BCUT2D eigenvalue weighted by atomic mass is 16.7. The molecule has 1 aromatic rings. The Morgan fingerprint density at radius 3 is 2.05 bits per heavy atom. The number of ether oxygens (including phenoxy) is 2. The number of rotatable bonds is 27.